The molecule has 3 nitrogen and oxygen atoms in total. The molecule has 0 aliphatic carbocycles. The number of nitrogens with zero attached hydrogens (tertiary/aromatic N) is 1. The molecule has 0 saturated heterocycles. The molecule has 0 spiro atoms. The van der Waals surface area contributed by atoms with E-state index in [1.165, 1.54) is 5.56 Å². The number of hydrogen-bond donors (Lipinski definition) is 0. The summed E-state index contributed by atoms with van der Waals surface area (Å²) in [6.45, 7) is 8.24. The lowest BCUT2D eigenvalue weighted by atomic mass is 9.90. The minimum Gasteiger partial charge on any atom is -0.438 e. The van der Waals surface area contributed by atoms with Crippen molar-refractivity contribution in [3.05, 3.63) is 35.5 Å². The van der Waals surface area contributed by atoms with E-state index < -0.39 is 5.60 Å². The van der Waals surface area contributed by atoms with Crippen LogP contribution in [0.5, 0.6) is 0 Å². The minimum absolute atomic E-state index is 0.292. The summed E-state index contributed by atoms with van der Waals surface area (Å²) < 4.78 is 7.10. The molecular formula is C15H17NO2. The molecule has 3 rings (SSSR count). The SMILES string of the molecule is CC(C)c1cc2c3c(ccn3C(=O)OC2(C)C)c1. The van der Waals surface area contributed by atoms with Gasteiger partial charge in [0.05, 0.1) is 5.52 Å². The molecule has 18 heavy (non-hydrogen) atoms. The van der Waals surface area contributed by atoms with Crippen LogP contribution in [0.3, 0.4) is 0 Å². The van der Waals surface area contributed by atoms with Crippen LogP contribution in [-0.4, -0.2) is 10.7 Å². The first kappa shape index (κ1) is 11.3. The third-order valence-electron chi connectivity index (χ3n) is 3.66. The maximum Gasteiger partial charge on any atom is 0.419 e. The van der Waals surface area contributed by atoms with E-state index in [-0.39, 0.29) is 6.09 Å². The predicted octanol–water partition coefficient (Wildman–Crippen LogP) is 4.00. The number of rotatable bonds is 1. The molecular weight excluding hydrogens is 226 g/mol. The number of aromatic nitrogens is 1. The van der Waals surface area contributed by atoms with Gasteiger partial charge in [0.25, 0.3) is 0 Å². The second-order valence-electron chi connectivity index (χ2n) is 5.73. The number of carbonyl (C=O) groups excluding carboxylic acids is 1. The van der Waals surface area contributed by atoms with Crippen LogP contribution in [-0.2, 0) is 10.3 Å². The Bertz CT molecular complexity index is 650. The molecule has 1 aliphatic heterocycles. The van der Waals surface area contributed by atoms with Gasteiger partial charge in [-0.05, 0) is 43.5 Å². The Morgan fingerprint density at radius 3 is 2.67 bits per heavy atom. The zero-order valence-electron chi connectivity index (χ0n) is 11.2. The van der Waals surface area contributed by atoms with Crippen molar-refractivity contribution in [1.82, 2.24) is 4.57 Å². The molecule has 3 heteroatoms. The lowest BCUT2D eigenvalue weighted by Gasteiger charge is -2.31. The molecule has 0 radical (unpaired) electrons. The van der Waals surface area contributed by atoms with Crippen molar-refractivity contribution in [3.63, 3.8) is 0 Å². The summed E-state index contributed by atoms with van der Waals surface area (Å²) >= 11 is 0. The zero-order chi connectivity index (χ0) is 13.1. The summed E-state index contributed by atoms with van der Waals surface area (Å²) in [5.74, 6) is 0.461. The highest BCUT2D eigenvalue weighted by atomic mass is 16.6. The van der Waals surface area contributed by atoms with Crippen LogP contribution in [0, 0.1) is 0 Å². The highest BCUT2D eigenvalue weighted by molar-refractivity contribution is 5.94. The average molecular weight is 243 g/mol. The van der Waals surface area contributed by atoms with Crippen LogP contribution in [0.4, 0.5) is 4.79 Å². The summed E-state index contributed by atoms with van der Waals surface area (Å²) in [5.41, 5.74) is 2.80. The monoisotopic (exact) mass is 243 g/mol. The Hall–Kier alpha value is -1.77. The Morgan fingerprint density at radius 2 is 2.00 bits per heavy atom. The first-order chi connectivity index (χ1) is 8.40. The molecule has 1 aromatic heterocycles. The number of ether oxygens (including phenoxy) is 1. The third-order valence-corrected chi connectivity index (χ3v) is 3.66. The molecule has 94 valence electrons. The van der Waals surface area contributed by atoms with Crippen molar-refractivity contribution in [2.75, 3.05) is 0 Å². The van der Waals surface area contributed by atoms with E-state index in [1.807, 2.05) is 19.9 Å². The molecule has 2 aromatic rings. The Balaban J connectivity index is 2.41. The van der Waals surface area contributed by atoms with E-state index in [0.29, 0.717) is 5.92 Å². The van der Waals surface area contributed by atoms with E-state index in [4.69, 9.17) is 4.74 Å². The van der Waals surface area contributed by atoms with Crippen molar-refractivity contribution in [1.29, 1.82) is 0 Å². The first-order valence-electron chi connectivity index (χ1n) is 6.29. The average Bonchev–Trinajstić information content (AvgIpc) is 2.69. The van der Waals surface area contributed by atoms with Crippen LogP contribution in [0.15, 0.2) is 24.4 Å². The Morgan fingerprint density at radius 1 is 1.28 bits per heavy atom. The topological polar surface area (TPSA) is 31.2 Å². The van der Waals surface area contributed by atoms with E-state index in [0.717, 1.165) is 16.5 Å². The standard InChI is InChI=1S/C15H17NO2/c1-9(2)11-7-10-5-6-16-13(10)12(8-11)15(3,4)18-14(16)17/h5-9H,1-4H3. The van der Waals surface area contributed by atoms with Crippen molar-refractivity contribution >= 4 is 17.0 Å². The van der Waals surface area contributed by atoms with E-state index >= 15 is 0 Å². The van der Waals surface area contributed by atoms with Gasteiger partial charge in [0.15, 0.2) is 0 Å². The highest BCUT2D eigenvalue weighted by Gasteiger charge is 2.35. The predicted molar refractivity (Wildman–Crippen MR) is 70.9 cm³/mol. The lowest BCUT2D eigenvalue weighted by Crippen LogP contribution is -2.33. The Kier molecular flexibility index (Phi) is 2.12. The number of hydrogen-bond acceptors (Lipinski definition) is 2. The van der Waals surface area contributed by atoms with Crippen molar-refractivity contribution in [2.24, 2.45) is 0 Å². The zero-order valence-corrected chi connectivity index (χ0v) is 11.2. The molecule has 0 bridgehead atoms. The summed E-state index contributed by atoms with van der Waals surface area (Å²) in [5, 5.41) is 1.11. The van der Waals surface area contributed by atoms with Gasteiger partial charge in [-0.2, -0.15) is 0 Å². The van der Waals surface area contributed by atoms with Gasteiger partial charge in [0.1, 0.15) is 5.60 Å². The van der Waals surface area contributed by atoms with Crippen LogP contribution < -0.4 is 0 Å². The summed E-state index contributed by atoms with van der Waals surface area (Å²) in [6.07, 6.45) is 1.50. The fraction of sp³-hybridized carbons (Fsp3) is 0.400. The maximum atomic E-state index is 11.9. The van der Waals surface area contributed by atoms with E-state index in [9.17, 15) is 4.79 Å². The minimum atomic E-state index is -0.561. The van der Waals surface area contributed by atoms with Gasteiger partial charge in [-0.15, -0.1) is 0 Å². The van der Waals surface area contributed by atoms with Crippen molar-refractivity contribution < 1.29 is 9.53 Å². The number of carbonyl (C=O) groups is 1. The molecule has 2 heterocycles. The fourth-order valence-corrected chi connectivity index (χ4v) is 2.57. The maximum absolute atomic E-state index is 11.9. The van der Waals surface area contributed by atoms with Crippen LogP contribution >= 0.6 is 0 Å². The first-order valence-corrected chi connectivity index (χ1v) is 6.29. The number of benzene rings is 1. The summed E-state index contributed by atoms with van der Waals surface area (Å²) in [7, 11) is 0. The normalized spacial score (nSPS) is 17.3. The van der Waals surface area contributed by atoms with Gasteiger partial charge in [0.2, 0.25) is 0 Å². The smallest absolute Gasteiger partial charge is 0.419 e. The van der Waals surface area contributed by atoms with Crippen LogP contribution in [0.25, 0.3) is 10.9 Å². The summed E-state index contributed by atoms with van der Waals surface area (Å²) in [6, 6.07) is 6.30. The molecule has 1 aliphatic rings. The highest BCUT2D eigenvalue weighted by Crippen LogP contribution is 2.38. The number of cyclic esters (lactones) is 1. The molecule has 1 aromatic carbocycles. The van der Waals surface area contributed by atoms with Gasteiger partial charge in [0, 0.05) is 17.1 Å². The second kappa shape index (κ2) is 3.37. The van der Waals surface area contributed by atoms with Crippen molar-refractivity contribution in [3.8, 4) is 0 Å². The molecule has 0 unspecified atom stereocenters. The lowest BCUT2D eigenvalue weighted by molar-refractivity contribution is 0.0331. The van der Waals surface area contributed by atoms with Gasteiger partial charge in [-0.25, -0.2) is 4.79 Å². The van der Waals surface area contributed by atoms with E-state index in [1.54, 1.807) is 10.8 Å². The largest absolute Gasteiger partial charge is 0.438 e. The molecule has 0 amide bonds. The van der Waals surface area contributed by atoms with Crippen LogP contribution in [0.1, 0.15) is 44.7 Å². The van der Waals surface area contributed by atoms with Gasteiger partial charge in [-0.3, -0.25) is 4.57 Å². The fourth-order valence-electron chi connectivity index (χ4n) is 2.57. The third kappa shape index (κ3) is 1.40. The second-order valence-corrected chi connectivity index (χ2v) is 5.73. The van der Waals surface area contributed by atoms with Crippen LogP contribution in [0.2, 0.25) is 0 Å². The Labute approximate surface area is 106 Å². The van der Waals surface area contributed by atoms with Gasteiger partial charge >= 0.3 is 6.09 Å². The molecule has 0 N–H and O–H groups in total. The van der Waals surface area contributed by atoms with E-state index in [2.05, 4.69) is 26.0 Å². The summed E-state index contributed by atoms with van der Waals surface area (Å²) in [4.78, 5) is 11.9. The molecule has 0 fully saturated rings. The molecule has 0 atom stereocenters. The quantitative estimate of drug-likeness (QED) is 0.758. The molecule has 0 saturated carbocycles. The van der Waals surface area contributed by atoms with Crippen molar-refractivity contribution in [2.45, 2.75) is 39.2 Å². The van der Waals surface area contributed by atoms with Gasteiger partial charge < -0.3 is 4.74 Å². The van der Waals surface area contributed by atoms with Gasteiger partial charge in [-0.1, -0.05) is 13.8 Å².